The number of allylic oxidation sites excluding steroid dienone is 1. The Morgan fingerprint density at radius 3 is 1.97 bits per heavy atom. The van der Waals surface area contributed by atoms with E-state index in [4.69, 9.17) is 4.74 Å². The van der Waals surface area contributed by atoms with Crippen LogP contribution in [0, 0.1) is 5.92 Å². The lowest BCUT2D eigenvalue weighted by Gasteiger charge is -2.19. The van der Waals surface area contributed by atoms with E-state index in [0.29, 0.717) is 5.92 Å². The Balaban J connectivity index is 1.69. The molecule has 1 nitrogen and oxygen atoms in total. The van der Waals surface area contributed by atoms with Crippen molar-refractivity contribution in [3.8, 4) is 16.9 Å². The number of benzene rings is 4. The van der Waals surface area contributed by atoms with Gasteiger partial charge in [0, 0.05) is 0 Å². The summed E-state index contributed by atoms with van der Waals surface area (Å²) < 4.78 is 6.13. The second kappa shape index (κ2) is 8.34. The zero-order chi connectivity index (χ0) is 20.4. The minimum atomic E-state index is 0.109. The molecule has 0 N–H and O–H groups in total. The summed E-state index contributed by atoms with van der Waals surface area (Å²) in [7, 11) is 0. The first-order chi connectivity index (χ1) is 14.0. The highest BCUT2D eigenvalue weighted by Gasteiger charge is 2.13. The molecule has 29 heavy (non-hydrogen) atoms. The maximum Gasteiger partial charge on any atom is 0.119 e. The first-order valence-corrected chi connectivity index (χ1v) is 10.5. The number of fused-ring (bicyclic) bond motifs is 2. The Labute approximate surface area is 178 Å². The molecule has 0 aliphatic carbocycles. The van der Waals surface area contributed by atoms with Gasteiger partial charge >= 0.3 is 0 Å². The van der Waals surface area contributed by atoms with Gasteiger partial charge in [-0.05, 0) is 75.0 Å². The average Bonchev–Trinajstić information content (AvgIpc) is 2.72. The van der Waals surface area contributed by atoms with Gasteiger partial charge in [0.1, 0.15) is 5.75 Å². The minimum Gasteiger partial charge on any atom is -0.491 e. The largest absolute Gasteiger partial charge is 0.491 e. The van der Waals surface area contributed by atoms with Gasteiger partial charge in [-0.1, -0.05) is 74.2 Å². The molecule has 0 radical (unpaired) electrons. The molecule has 0 aliphatic rings. The summed E-state index contributed by atoms with van der Waals surface area (Å²) in [6.07, 6.45) is 1.01. The van der Waals surface area contributed by atoms with Crippen molar-refractivity contribution < 1.29 is 4.74 Å². The van der Waals surface area contributed by atoms with E-state index in [9.17, 15) is 0 Å². The maximum absolute atomic E-state index is 6.13. The summed E-state index contributed by atoms with van der Waals surface area (Å²) in [4.78, 5) is 0.902. The van der Waals surface area contributed by atoms with Gasteiger partial charge in [-0.15, -0.1) is 12.6 Å². The Morgan fingerprint density at radius 1 is 0.862 bits per heavy atom. The number of rotatable bonds is 6. The topological polar surface area (TPSA) is 9.23 Å². The monoisotopic (exact) mass is 398 g/mol. The fourth-order valence-electron chi connectivity index (χ4n) is 3.94. The number of hydrogen-bond donors (Lipinski definition) is 1. The lowest BCUT2D eigenvalue weighted by Crippen LogP contribution is -2.15. The lowest BCUT2D eigenvalue weighted by molar-refractivity contribution is 0.198. The van der Waals surface area contributed by atoms with Crippen LogP contribution in [-0.4, -0.2) is 6.10 Å². The van der Waals surface area contributed by atoms with Crippen molar-refractivity contribution in [1.82, 2.24) is 0 Å². The fourth-order valence-corrected chi connectivity index (χ4v) is 4.04. The van der Waals surface area contributed by atoms with Crippen LogP contribution >= 0.6 is 12.6 Å². The highest BCUT2D eigenvalue weighted by atomic mass is 32.1. The molecular formula is C27H26OS. The van der Waals surface area contributed by atoms with Crippen LogP contribution in [0.25, 0.3) is 32.7 Å². The molecule has 0 saturated heterocycles. The second-order valence-corrected chi connectivity index (χ2v) is 8.35. The van der Waals surface area contributed by atoms with Crippen LogP contribution in [0.3, 0.4) is 0 Å². The molecule has 4 aromatic rings. The predicted octanol–water partition coefficient (Wildman–Crippen LogP) is 7.90. The highest BCUT2D eigenvalue weighted by Crippen LogP contribution is 2.37. The lowest BCUT2D eigenvalue weighted by atomic mass is 9.92. The van der Waals surface area contributed by atoms with Crippen molar-refractivity contribution in [3.63, 3.8) is 0 Å². The third-order valence-electron chi connectivity index (χ3n) is 5.51. The van der Waals surface area contributed by atoms with Crippen LogP contribution in [0.5, 0.6) is 5.75 Å². The molecule has 0 heterocycles. The molecule has 0 fully saturated rings. The van der Waals surface area contributed by atoms with Gasteiger partial charge < -0.3 is 4.74 Å². The van der Waals surface area contributed by atoms with Crippen molar-refractivity contribution in [3.05, 3.63) is 90.3 Å². The summed E-state index contributed by atoms with van der Waals surface area (Å²) >= 11 is 4.36. The molecule has 0 amide bonds. The van der Waals surface area contributed by atoms with Crippen LogP contribution < -0.4 is 4.74 Å². The summed E-state index contributed by atoms with van der Waals surface area (Å²) in [5.74, 6) is 1.22. The van der Waals surface area contributed by atoms with Crippen molar-refractivity contribution in [2.75, 3.05) is 0 Å². The van der Waals surface area contributed by atoms with Crippen LogP contribution in [-0.2, 0) is 0 Å². The van der Waals surface area contributed by atoms with E-state index in [2.05, 4.69) is 112 Å². The second-order valence-electron chi connectivity index (χ2n) is 7.77. The summed E-state index contributed by atoms with van der Waals surface area (Å²) in [6.45, 7) is 8.14. The Kier molecular flexibility index (Phi) is 5.64. The van der Waals surface area contributed by atoms with Crippen LogP contribution in [0.2, 0.25) is 0 Å². The van der Waals surface area contributed by atoms with E-state index in [0.717, 1.165) is 17.1 Å². The Morgan fingerprint density at radius 2 is 1.41 bits per heavy atom. The van der Waals surface area contributed by atoms with Crippen LogP contribution in [0.15, 0.2) is 90.3 Å². The first kappa shape index (κ1) is 19.6. The van der Waals surface area contributed by atoms with Crippen molar-refractivity contribution in [1.29, 1.82) is 0 Å². The molecule has 0 saturated carbocycles. The number of hydrogen-bond acceptors (Lipinski definition) is 2. The van der Waals surface area contributed by atoms with Crippen molar-refractivity contribution in [2.45, 2.75) is 26.4 Å². The van der Waals surface area contributed by atoms with E-state index in [1.807, 2.05) is 0 Å². The van der Waals surface area contributed by atoms with Gasteiger partial charge in [0.15, 0.2) is 0 Å². The van der Waals surface area contributed by atoms with Gasteiger partial charge in [-0.2, -0.15) is 0 Å². The van der Waals surface area contributed by atoms with E-state index >= 15 is 0 Å². The minimum absolute atomic E-state index is 0.109. The predicted molar refractivity (Wildman–Crippen MR) is 129 cm³/mol. The molecule has 0 aromatic heterocycles. The summed E-state index contributed by atoms with van der Waals surface area (Å²) in [5.41, 5.74) is 2.48. The third-order valence-corrected chi connectivity index (χ3v) is 5.95. The highest BCUT2D eigenvalue weighted by molar-refractivity contribution is 7.84. The van der Waals surface area contributed by atoms with Crippen LogP contribution in [0.1, 0.15) is 20.3 Å². The Bertz CT molecular complexity index is 1110. The first-order valence-electron chi connectivity index (χ1n) is 10.1. The van der Waals surface area contributed by atoms with E-state index in [1.54, 1.807) is 0 Å². The molecule has 2 atom stereocenters. The molecule has 2 heteroatoms. The number of ether oxygens (including phenoxy) is 1. The molecule has 0 bridgehead atoms. The molecule has 4 aromatic carbocycles. The third kappa shape index (κ3) is 4.18. The van der Waals surface area contributed by atoms with Crippen molar-refractivity contribution in [2.24, 2.45) is 5.92 Å². The average molecular weight is 399 g/mol. The zero-order valence-electron chi connectivity index (χ0n) is 16.9. The SMILES string of the molecule is C=C(S)C(C)CC(C)Oc1ccc(-c2c3ccccc3cc3ccccc23)cc1. The molecule has 4 rings (SSSR count). The number of thiol groups is 1. The molecule has 0 spiro atoms. The van der Waals surface area contributed by atoms with Gasteiger partial charge in [0.25, 0.3) is 0 Å². The molecular weight excluding hydrogens is 372 g/mol. The van der Waals surface area contributed by atoms with Gasteiger partial charge in [0.2, 0.25) is 0 Å². The van der Waals surface area contributed by atoms with E-state index in [-0.39, 0.29) is 6.10 Å². The summed E-state index contributed by atoms with van der Waals surface area (Å²) in [6, 6.07) is 27.9. The quantitative estimate of drug-likeness (QED) is 0.256. The van der Waals surface area contributed by atoms with Crippen LogP contribution in [0.4, 0.5) is 0 Å². The summed E-state index contributed by atoms with van der Waals surface area (Å²) in [5, 5.41) is 5.07. The van der Waals surface area contributed by atoms with Gasteiger partial charge in [0.05, 0.1) is 6.10 Å². The molecule has 2 unspecified atom stereocenters. The zero-order valence-corrected chi connectivity index (χ0v) is 17.8. The molecule has 0 aliphatic heterocycles. The van der Waals surface area contributed by atoms with Gasteiger partial charge in [-0.3, -0.25) is 0 Å². The van der Waals surface area contributed by atoms with Crippen molar-refractivity contribution >= 4 is 34.2 Å². The van der Waals surface area contributed by atoms with Gasteiger partial charge in [-0.25, -0.2) is 0 Å². The fraction of sp³-hybridized carbons (Fsp3) is 0.185. The van der Waals surface area contributed by atoms with E-state index < -0.39 is 0 Å². The molecule has 146 valence electrons. The Hall–Kier alpha value is -2.71. The standard InChI is InChI=1S/C27H26OS/c1-18(20(3)29)16-19(2)28-24-14-12-21(13-15-24)27-25-10-6-4-8-22(25)17-23-9-5-7-11-26(23)27/h4-15,17-19,29H,3,16H2,1-2H3. The normalized spacial score (nSPS) is 13.3. The van der Waals surface area contributed by atoms with E-state index in [1.165, 1.54) is 32.7 Å². The smallest absolute Gasteiger partial charge is 0.119 e. The maximum atomic E-state index is 6.13.